The number of ether oxygens (including phenoxy) is 1. The molecular formula is C24H27FN4O4S. The molecule has 2 aromatic carbocycles. The zero-order chi connectivity index (χ0) is 24.5. The van der Waals surface area contributed by atoms with E-state index in [-0.39, 0.29) is 37.9 Å². The first-order valence-corrected chi connectivity index (χ1v) is 12.5. The number of aryl methyl sites for hydroxylation is 1. The first kappa shape index (κ1) is 24.1. The zero-order valence-electron chi connectivity index (χ0n) is 19.3. The second-order valence-electron chi connectivity index (χ2n) is 8.46. The number of morpholine rings is 1. The van der Waals surface area contributed by atoms with Crippen molar-refractivity contribution in [1.29, 1.82) is 0 Å². The average molecular weight is 487 g/mol. The summed E-state index contributed by atoms with van der Waals surface area (Å²) >= 11 is 0. The number of aromatic nitrogens is 2. The Labute approximate surface area is 198 Å². The molecule has 0 aliphatic carbocycles. The number of sulfonamides is 1. The van der Waals surface area contributed by atoms with Gasteiger partial charge in [-0.25, -0.2) is 17.5 Å². The van der Waals surface area contributed by atoms with Gasteiger partial charge in [0.2, 0.25) is 10.0 Å². The molecule has 1 aromatic heterocycles. The number of carbonyl (C=O) groups excluding carboxylic acids is 1. The summed E-state index contributed by atoms with van der Waals surface area (Å²) in [6.45, 7) is 6.71. The van der Waals surface area contributed by atoms with Crippen molar-refractivity contribution in [3.8, 4) is 5.69 Å². The summed E-state index contributed by atoms with van der Waals surface area (Å²) in [5.74, 6) is -1.35. The minimum absolute atomic E-state index is 0.0185. The molecule has 4 rings (SSSR count). The Kier molecular flexibility index (Phi) is 6.83. The third-order valence-electron chi connectivity index (χ3n) is 5.65. The van der Waals surface area contributed by atoms with Gasteiger partial charge in [0.05, 0.1) is 36.4 Å². The van der Waals surface area contributed by atoms with Gasteiger partial charge in [0.25, 0.3) is 5.91 Å². The van der Waals surface area contributed by atoms with E-state index in [1.54, 1.807) is 4.68 Å². The summed E-state index contributed by atoms with van der Waals surface area (Å²) < 4.78 is 48.5. The fourth-order valence-corrected chi connectivity index (χ4v) is 5.38. The van der Waals surface area contributed by atoms with Gasteiger partial charge in [-0.15, -0.1) is 0 Å². The SMILES string of the molecule is Cc1ccc(-n2ncc(C(=O)Nc3ccc(F)c(S(=O)(=O)N4CCOCC4)c3)c2C(C)C)cc1. The topological polar surface area (TPSA) is 93.5 Å². The lowest BCUT2D eigenvalue weighted by Crippen LogP contribution is -2.40. The first-order valence-electron chi connectivity index (χ1n) is 11.0. The summed E-state index contributed by atoms with van der Waals surface area (Å²) in [6.07, 6.45) is 1.49. The van der Waals surface area contributed by atoms with E-state index in [2.05, 4.69) is 10.4 Å². The van der Waals surface area contributed by atoms with E-state index in [4.69, 9.17) is 4.74 Å². The molecule has 1 N–H and O–H groups in total. The van der Waals surface area contributed by atoms with Crippen molar-refractivity contribution in [3.63, 3.8) is 0 Å². The Bertz CT molecular complexity index is 1300. The van der Waals surface area contributed by atoms with Gasteiger partial charge in [0.1, 0.15) is 10.7 Å². The van der Waals surface area contributed by atoms with Crippen molar-refractivity contribution in [2.75, 3.05) is 31.6 Å². The lowest BCUT2D eigenvalue weighted by molar-refractivity contribution is 0.0729. The van der Waals surface area contributed by atoms with Gasteiger partial charge in [0.15, 0.2) is 0 Å². The van der Waals surface area contributed by atoms with E-state index >= 15 is 0 Å². The van der Waals surface area contributed by atoms with Crippen LogP contribution < -0.4 is 5.32 Å². The smallest absolute Gasteiger partial charge is 0.259 e. The van der Waals surface area contributed by atoms with Gasteiger partial charge in [0, 0.05) is 18.8 Å². The highest BCUT2D eigenvalue weighted by Crippen LogP contribution is 2.27. The van der Waals surface area contributed by atoms with Gasteiger partial charge >= 0.3 is 0 Å². The molecule has 0 radical (unpaired) electrons. The number of anilines is 1. The largest absolute Gasteiger partial charge is 0.379 e. The molecule has 1 saturated heterocycles. The molecule has 0 saturated carbocycles. The maximum atomic E-state index is 14.5. The molecular weight excluding hydrogens is 459 g/mol. The minimum atomic E-state index is -4.06. The highest BCUT2D eigenvalue weighted by atomic mass is 32.2. The number of amides is 1. The Balaban J connectivity index is 1.63. The summed E-state index contributed by atoms with van der Waals surface area (Å²) in [4.78, 5) is 12.7. The van der Waals surface area contributed by atoms with Crippen LogP contribution in [0.15, 0.2) is 53.6 Å². The molecule has 8 nitrogen and oxygen atoms in total. The van der Waals surface area contributed by atoms with Crippen molar-refractivity contribution >= 4 is 21.6 Å². The van der Waals surface area contributed by atoms with E-state index in [0.717, 1.165) is 23.4 Å². The van der Waals surface area contributed by atoms with Crippen molar-refractivity contribution in [2.24, 2.45) is 0 Å². The van der Waals surface area contributed by atoms with E-state index in [1.807, 2.05) is 45.0 Å². The number of hydrogen-bond acceptors (Lipinski definition) is 5. The van der Waals surface area contributed by atoms with Gasteiger partial charge in [-0.05, 0) is 43.2 Å². The Morgan fingerprint density at radius 1 is 1.12 bits per heavy atom. The van der Waals surface area contributed by atoms with Crippen LogP contribution in [0.1, 0.15) is 41.4 Å². The molecule has 1 aliphatic rings. The van der Waals surface area contributed by atoms with Gasteiger partial charge < -0.3 is 10.1 Å². The highest BCUT2D eigenvalue weighted by Gasteiger charge is 2.29. The van der Waals surface area contributed by atoms with E-state index in [9.17, 15) is 17.6 Å². The fourth-order valence-electron chi connectivity index (χ4n) is 3.88. The molecule has 1 amide bonds. The van der Waals surface area contributed by atoms with Crippen LogP contribution in [0.25, 0.3) is 5.69 Å². The maximum absolute atomic E-state index is 14.5. The molecule has 180 valence electrons. The number of benzene rings is 2. The average Bonchev–Trinajstić information content (AvgIpc) is 3.27. The molecule has 3 aromatic rings. The maximum Gasteiger partial charge on any atom is 0.259 e. The van der Waals surface area contributed by atoms with E-state index in [1.165, 1.54) is 16.6 Å². The molecule has 1 aliphatic heterocycles. The fraction of sp³-hybridized carbons (Fsp3) is 0.333. The Morgan fingerprint density at radius 2 is 1.79 bits per heavy atom. The number of carbonyl (C=O) groups is 1. The highest BCUT2D eigenvalue weighted by molar-refractivity contribution is 7.89. The molecule has 10 heteroatoms. The summed E-state index contributed by atoms with van der Waals surface area (Å²) in [5, 5.41) is 7.12. The van der Waals surface area contributed by atoms with Crippen molar-refractivity contribution < 1.29 is 22.3 Å². The predicted octanol–water partition coefficient (Wildman–Crippen LogP) is 3.72. The van der Waals surface area contributed by atoms with Crippen LogP contribution in [-0.4, -0.2) is 54.7 Å². The number of halogens is 1. The van der Waals surface area contributed by atoms with Crippen LogP contribution in [-0.2, 0) is 14.8 Å². The second kappa shape index (κ2) is 9.65. The third-order valence-corrected chi connectivity index (χ3v) is 7.57. The van der Waals surface area contributed by atoms with Crippen LogP contribution >= 0.6 is 0 Å². The Hall–Kier alpha value is -3.08. The lowest BCUT2D eigenvalue weighted by Gasteiger charge is -2.26. The van der Waals surface area contributed by atoms with Crippen molar-refractivity contribution in [3.05, 3.63) is 71.3 Å². The minimum Gasteiger partial charge on any atom is -0.379 e. The molecule has 0 bridgehead atoms. The second-order valence-corrected chi connectivity index (χ2v) is 10.4. The van der Waals surface area contributed by atoms with Crippen LogP contribution in [0, 0.1) is 12.7 Å². The van der Waals surface area contributed by atoms with E-state index < -0.39 is 26.6 Å². The van der Waals surface area contributed by atoms with Gasteiger partial charge in [-0.1, -0.05) is 31.5 Å². The van der Waals surface area contributed by atoms with Gasteiger partial charge in [-0.3, -0.25) is 4.79 Å². The molecule has 0 unspecified atom stereocenters. The quantitative estimate of drug-likeness (QED) is 0.573. The van der Waals surface area contributed by atoms with Crippen LogP contribution in [0.3, 0.4) is 0 Å². The van der Waals surface area contributed by atoms with Crippen molar-refractivity contribution in [1.82, 2.24) is 14.1 Å². The van der Waals surface area contributed by atoms with Crippen LogP contribution in [0.4, 0.5) is 10.1 Å². The van der Waals surface area contributed by atoms with Crippen molar-refractivity contribution in [2.45, 2.75) is 31.6 Å². The Morgan fingerprint density at radius 3 is 2.44 bits per heavy atom. The number of hydrogen-bond donors (Lipinski definition) is 1. The standard InChI is InChI=1S/C24H27FN4O4S/c1-16(2)23-20(15-26-29(23)19-7-4-17(3)5-8-19)24(30)27-18-6-9-21(25)22(14-18)34(31,32)28-10-12-33-13-11-28/h4-9,14-16H,10-13H2,1-3H3,(H,27,30). The third kappa shape index (κ3) is 4.75. The summed E-state index contributed by atoms with van der Waals surface area (Å²) in [5.41, 5.74) is 3.19. The van der Waals surface area contributed by atoms with Gasteiger partial charge in [-0.2, -0.15) is 9.40 Å². The van der Waals surface area contributed by atoms with Crippen LogP contribution in [0.2, 0.25) is 0 Å². The predicted molar refractivity (Wildman–Crippen MR) is 126 cm³/mol. The first-order chi connectivity index (χ1) is 16.2. The molecule has 1 fully saturated rings. The number of rotatable bonds is 6. The molecule has 0 atom stereocenters. The molecule has 34 heavy (non-hydrogen) atoms. The lowest BCUT2D eigenvalue weighted by atomic mass is 10.0. The van der Waals surface area contributed by atoms with Crippen LogP contribution in [0.5, 0.6) is 0 Å². The summed E-state index contributed by atoms with van der Waals surface area (Å²) in [7, 11) is -4.06. The number of nitrogens with one attached hydrogen (secondary N) is 1. The monoisotopic (exact) mass is 486 g/mol. The normalized spacial score (nSPS) is 15.0. The van der Waals surface area contributed by atoms with E-state index in [0.29, 0.717) is 11.3 Å². The summed E-state index contributed by atoms with van der Waals surface area (Å²) in [6, 6.07) is 11.3. The zero-order valence-corrected chi connectivity index (χ0v) is 20.1. The number of nitrogens with zero attached hydrogens (tertiary/aromatic N) is 3. The molecule has 2 heterocycles. The molecule has 0 spiro atoms.